The summed E-state index contributed by atoms with van der Waals surface area (Å²) in [5.74, 6) is -0.430. The number of nitrogens with zero attached hydrogens (tertiary/aromatic N) is 2. The zero-order chi connectivity index (χ0) is 21.2. The van der Waals surface area contributed by atoms with E-state index in [1.165, 1.54) is 14.7 Å². The van der Waals surface area contributed by atoms with Crippen molar-refractivity contribution in [1.82, 2.24) is 8.61 Å². The van der Waals surface area contributed by atoms with Crippen LogP contribution in [0.5, 0.6) is 0 Å². The number of nitrogens with one attached hydrogen (secondary N) is 1. The summed E-state index contributed by atoms with van der Waals surface area (Å²) in [7, 11) is -7.13. The van der Waals surface area contributed by atoms with E-state index in [1.807, 2.05) is 0 Å². The third-order valence-electron chi connectivity index (χ3n) is 5.57. The molecule has 1 atom stereocenters. The number of sulfonamides is 2. The second-order valence-electron chi connectivity index (χ2n) is 7.82. The molecule has 0 aliphatic carbocycles. The Hall–Kier alpha value is -1.49. The molecule has 1 unspecified atom stereocenters. The number of amides is 1. The van der Waals surface area contributed by atoms with Gasteiger partial charge in [0.25, 0.3) is 0 Å². The summed E-state index contributed by atoms with van der Waals surface area (Å²) in [6, 6.07) is 4.02. The molecule has 10 heteroatoms. The van der Waals surface area contributed by atoms with E-state index in [0.717, 1.165) is 38.4 Å². The molecule has 2 saturated heterocycles. The summed E-state index contributed by atoms with van der Waals surface area (Å²) < 4.78 is 52.9. The highest BCUT2D eigenvalue weighted by Gasteiger charge is 2.35. The summed E-state index contributed by atoms with van der Waals surface area (Å²) in [6.45, 7) is 3.06. The number of aryl methyl sites for hydroxylation is 1. The molecular formula is C19H29N3O5S2. The fourth-order valence-electron chi connectivity index (χ4n) is 3.99. The van der Waals surface area contributed by atoms with Crippen LogP contribution in [-0.2, 0) is 24.8 Å². The van der Waals surface area contributed by atoms with Crippen molar-refractivity contribution in [3.63, 3.8) is 0 Å². The van der Waals surface area contributed by atoms with Crippen molar-refractivity contribution in [1.29, 1.82) is 0 Å². The maximum Gasteiger partial charge on any atom is 0.243 e. The average Bonchev–Trinajstić information content (AvgIpc) is 2.69. The van der Waals surface area contributed by atoms with E-state index >= 15 is 0 Å². The van der Waals surface area contributed by atoms with Crippen molar-refractivity contribution in [3.05, 3.63) is 23.8 Å². The average molecular weight is 444 g/mol. The Balaban J connectivity index is 1.83. The molecule has 8 nitrogen and oxygen atoms in total. The monoisotopic (exact) mass is 443 g/mol. The molecule has 0 saturated carbocycles. The molecule has 3 rings (SSSR count). The number of benzene rings is 1. The van der Waals surface area contributed by atoms with Gasteiger partial charge in [-0.05, 0) is 50.3 Å². The van der Waals surface area contributed by atoms with Crippen LogP contribution in [0.25, 0.3) is 0 Å². The van der Waals surface area contributed by atoms with E-state index in [2.05, 4.69) is 5.32 Å². The van der Waals surface area contributed by atoms with Crippen molar-refractivity contribution in [3.8, 4) is 0 Å². The maximum atomic E-state index is 13.1. The highest BCUT2D eigenvalue weighted by molar-refractivity contribution is 7.89. The number of piperidine rings is 2. The Morgan fingerprint density at radius 1 is 1.00 bits per heavy atom. The predicted molar refractivity (Wildman–Crippen MR) is 112 cm³/mol. The van der Waals surface area contributed by atoms with Crippen LogP contribution >= 0.6 is 0 Å². The van der Waals surface area contributed by atoms with Crippen molar-refractivity contribution in [2.24, 2.45) is 0 Å². The highest BCUT2D eigenvalue weighted by atomic mass is 32.2. The van der Waals surface area contributed by atoms with Crippen molar-refractivity contribution in [2.75, 3.05) is 31.2 Å². The van der Waals surface area contributed by atoms with Gasteiger partial charge in [0.15, 0.2) is 0 Å². The number of carbonyl (C=O) groups is 1. The molecule has 1 aromatic rings. The van der Waals surface area contributed by atoms with Crippen molar-refractivity contribution < 1.29 is 21.6 Å². The third-order valence-corrected chi connectivity index (χ3v) is 8.90. The van der Waals surface area contributed by atoms with Gasteiger partial charge in [-0.1, -0.05) is 18.9 Å². The molecule has 1 N–H and O–H groups in total. The summed E-state index contributed by atoms with van der Waals surface area (Å²) in [5, 5.41) is 2.73. The summed E-state index contributed by atoms with van der Waals surface area (Å²) >= 11 is 0. The fraction of sp³-hybridized carbons (Fsp3) is 0.632. The molecule has 2 aliphatic rings. The maximum absolute atomic E-state index is 13.1. The largest absolute Gasteiger partial charge is 0.325 e. The fourth-order valence-corrected chi connectivity index (χ4v) is 6.88. The Labute approximate surface area is 173 Å². The molecular weight excluding hydrogens is 414 g/mol. The number of hydrogen-bond donors (Lipinski definition) is 1. The minimum atomic E-state index is -3.63. The SMILES string of the molecule is Cc1ccc(NC(=O)C2CCCCN2S(C)(=O)=O)cc1S(=O)(=O)N1CCCCC1. The Morgan fingerprint density at radius 3 is 2.31 bits per heavy atom. The third kappa shape index (κ3) is 4.99. The van der Waals surface area contributed by atoms with E-state index in [4.69, 9.17) is 0 Å². The first kappa shape index (κ1) is 22.2. The Kier molecular flexibility index (Phi) is 6.67. The molecule has 29 heavy (non-hydrogen) atoms. The molecule has 1 aromatic carbocycles. The lowest BCUT2D eigenvalue weighted by Gasteiger charge is -2.32. The van der Waals surface area contributed by atoms with Gasteiger partial charge in [-0.25, -0.2) is 16.8 Å². The molecule has 0 radical (unpaired) electrons. The number of rotatable bonds is 5. The van der Waals surface area contributed by atoms with Crippen LogP contribution in [0.1, 0.15) is 44.1 Å². The van der Waals surface area contributed by atoms with Crippen LogP contribution in [0.4, 0.5) is 5.69 Å². The van der Waals surface area contributed by atoms with Crippen molar-refractivity contribution in [2.45, 2.75) is 56.4 Å². The zero-order valence-electron chi connectivity index (χ0n) is 16.9. The van der Waals surface area contributed by atoms with Gasteiger partial charge in [-0.3, -0.25) is 4.79 Å². The lowest BCUT2D eigenvalue weighted by atomic mass is 10.0. The van der Waals surface area contributed by atoms with E-state index < -0.39 is 32.0 Å². The van der Waals surface area contributed by atoms with Crippen LogP contribution < -0.4 is 5.32 Å². The van der Waals surface area contributed by atoms with E-state index in [9.17, 15) is 21.6 Å². The number of anilines is 1. The molecule has 1 amide bonds. The van der Waals surface area contributed by atoms with Crippen LogP contribution in [0.15, 0.2) is 23.1 Å². The van der Waals surface area contributed by atoms with Gasteiger partial charge in [0.1, 0.15) is 6.04 Å². The normalized spacial score (nSPS) is 22.3. The first-order chi connectivity index (χ1) is 13.6. The predicted octanol–water partition coefficient (Wildman–Crippen LogP) is 1.92. The van der Waals surface area contributed by atoms with E-state index in [0.29, 0.717) is 37.3 Å². The minimum absolute atomic E-state index is 0.181. The van der Waals surface area contributed by atoms with Gasteiger partial charge < -0.3 is 5.32 Å². The van der Waals surface area contributed by atoms with Gasteiger partial charge in [0, 0.05) is 25.3 Å². The van der Waals surface area contributed by atoms with Crippen LogP contribution in [-0.4, -0.2) is 63.3 Å². The van der Waals surface area contributed by atoms with Gasteiger partial charge in [0.2, 0.25) is 26.0 Å². The summed E-state index contributed by atoms with van der Waals surface area (Å²) in [4.78, 5) is 13.0. The smallest absolute Gasteiger partial charge is 0.243 e. The van der Waals surface area contributed by atoms with Crippen LogP contribution in [0.3, 0.4) is 0 Å². The molecule has 2 aliphatic heterocycles. The second kappa shape index (κ2) is 8.71. The molecule has 162 valence electrons. The van der Waals surface area contributed by atoms with Crippen molar-refractivity contribution >= 4 is 31.6 Å². The van der Waals surface area contributed by atoms with Crippen LogP contribution in [0, 0.1) is 6.92 Å². The Morgan fingerprint density at radius 2 is 1.66 bits per heavy atom. The topological polar surface area (TPSA) is 104 Å². The quantitative estimate of drug-likeness (QED) is 0.749. The standard InChI is InChI=1S/C19H29N3O5S2/c1-15-9-10-16(14-18(15)29(26,27)21-11-5-3-6-12-21)20-19(23)17-8-4-7-13-22(17)28(2,24)25/h9-10,14,17H,3-8,11-13H2,1-2H3,(H,20,23). The van der Waals surface area contributed by atoms with Gasteiger partial charge in [-0.2, -0.15) is 8.61 Å². The van der Waals surface area contributed by atoms with Gasteiger partial charge in [-0.15, -0.1) is 0 Å². The molecule has 2 heterocycles. The lowest BCUT2D eigenvalue weighted by Crippen LogP contribution is -2.49. The zero-order valence-corrected chi connectivity index (χ0v) is 18.6. The van der Waals surface area contributed by atoms with Gasteiger partial charge in [0.05, 0.1) is 11.2 Å². The Bertz CT molecular complexity index is 970. The van der Waals surface area contributed by atoms with Crippen LogP contribution in [0.2, 0.25) is 0 Å². The summed E-state index contributed by atoms with van der Waals surface area (Å²) in [5.41, 5.74) is 0.971. The summed E-state index contributed by atoms with van der Waals surface area (Å²) in [6.07, 6.45) is 5.76. The molecule has 2 fully saturated rings. The number of hydrogen-bond acceptors (Lipinski definition) is 5. The van der Waals surface area contributed by atoms with Gasteiger partial charge >= 0.3 is 0 Å². The minimum Gasteiger partial charge on any atom is -0.325 e. The van der Waals surface area contributed by atoms with E-state index in [1.54, 1.807) is 19.1 Å². The number of carbonyl (C=O) groups excluding carboxylic acids is 1. The lowest BCUT2D eigenvalue weighted by molar-refractivity contribution is -0.120. The molecule has 0 bridgehead atoms. The highest BCUT2D eigenvalue weighted by Crippen LogP contribution is 2.27. The molecule has 0 aromatic heterocycles. The molecule has 0 spiro atoms. The first-order valence-electron chi connectivity index (χ1n) is 9.99. The second-order valence-corrected chi connectivity index (χ2v) is 11.7. The first-order valence-corrected chi connectivity index (χ1v) is 13.3. The van der Waals surface area contributed by atoms with E-state index in [-0.39, 0.29) is 4.90 Å².